The van der Waals surface area contributed by atoms with Crippen LogP contribution in [0.2, 0.25) is 0 Å². The normalized spacial score (nSPS) is 16.8. The van der Waals surface area contributed by atoms with E-state index in [4.69, 9.17) is 0 Å². The molecule has 0 radical (unpaired) electrons. The van der Waals surface area contributed by atoms with Crippen molar-refractivity contribution in [3.63, 3.8) is 0 Å². The molecule has 0 bridgehead atoms. The van der Waals surface area contributed by atoms with Crippen molar-refractivity contribution in [1.82, 2.24) is 14.7 Å². The molecule has 70 valence electrons. The number of hydrogen-bond acceptors (Lipinski definition) is 5. The summed E-state index contributed by atoms with van der Waals surface area (Å²) in [4.78, 5) is 4.34. The van der Waals surface area contributed by atoms with Gasteiger partial charge in [-0.1, -0.05) is 6.08 Å². The fraction of sp³-hybridized carbons (Fsp3) is 0.500. The summed E-state index contributed by atoms with van der Waals surface area (Å²) in [5.74, 6) is 0.714. The highest BCUT2D eigenvalue weighted by Crippen LogP contribution is 2.19. The number of anilines is 1. The van der Waals surface area contributed by atoms with E-state index in [1.165, 1.54) is 17.1 Å². The average molecular weight is 196 g/mol. The maximum Gasteiger partial charge on any atom is 0.234 e. The molecule has 2 rings (SSSR count). The summed E-state index contributed by atoms with van der Waals surface area (Å²) >= 11 is 1.45. The van der Waals surface area contributed by atoms with Gasteiger partial charge in [0, 0.05) is 13.6 Å². The number of nitrogens with one attached hydrogen (secondary N) is 2. The van der Waals surface area contributed by atoms with Crippen molar-refractivity contribution in [1.29, 1.82) is 0 Å². The van der Waals surface area contributed by atoms with E-state index in [2.05, 4.69) is 26.1 Å². The van der Waals surface area contributed by atoms with Gasteiger partial charge in [-0.15, -0.1) is 0 Å². The lowest BCUT2D eigenvalue weighted by molar-refractivity contribution is 0.739. The van der Waals surface area contributed by atoms with Crippen molar-refractivity contribution in [3.05, 3.63) is 11.1 Å². The van der Waals surface area contributed by atoms with Crippen LogP contribution in [0.3, 0.4) is 0 Å². The Balaban J connectivity index is 2.19. The molecule has 1 aromatic heterocycles. The fourth-order valence-corrected chi connectivity index (χ4v) is 1.97. The van der Waals surface area contributed by atoms with Gasteiger partial charge in [0.2, 0.25) is 5.95 Å². The zero-order valence-corrected chi connectivity index (χ0v) is 8.32. The smallest absolute Gasteiger partial charge is 0.234 e. The second kappa shape index (κ2) is 3.85. The van der Waals surface area contributed by atoms with Crippen LogP contribution in [0.25, 0.3) is 5.57 Å². The quantitative estimate of drug-likeness (QED) is 0.739. The van der Waals surface area contributed by atoms with Gasteiger partial charge >= 0.3 is 0 Å². The highest BCUT2D eigenvalue weighted by Gasteiger charge is 2.10. The maximum atomic E-state index is 4.34. The molecule has 13 heavy (non-hydrogen) atoms. The Morgan fingerprint density at radius 2 is 2.54 bits per heavy atom. The lowest BCUT2D eigenvalue weighted by Gasteiger charge is -2.10. The summed E-state index contributed by atoms with van der Waals surface area (Å²) in [6.45, 7) is 1.99. The average Bonchev–Trinajstić information content (AvgIpc) is 2.67. The summed E-state index contributed by atoms with van der Waals surface area (Å²) in [5, 5.41) is 7.26. The van der Waals surface area contributed by atoms with Crippen LogP contribution in [0.15, 0.2) is 6.08 Å². The van der Waals surface area contributed by atoms with Crippen molar-refractivity contribution in [2.24, 2.45) is 0 Å². The molecule has 0 amide bonds. The van der Waals surface area contributed by atoms with Crippen LogP contribution in [0.4, 0.5) is 5.95 Å². The van der Waals surface area contributed by atoms with Crippen LogP contribution in [0.5, 0.6) is 0 Å². The number of hydrogen-bond donors (Lipinski definition) is 2. The predicted octanol–water partition coefficient (Wildman–Crippen LogP) is 0.957. The molecular weight excluding hydrogens is 184 g/mol. The summed E-state index contributed by atoms with van der Waals surface area (Å²) in [6.07, 6.45) is 3.32. The molecule has 0 unspecified atom stereocenters. The molecule has 0 aromatic carbocycles. The first-order valence-corrected chi connectivity index (χ1v) is 5.09. The van der Waals surface area contributed by atoms with Gasteiger partial charge in [-0.05, 0) is 30.1 Å². The van der Waals surface area contributed by atoms with Gasteiger partial charge in [-0.2, -0.15) is 4.37 Å². The first-order chi connectivity index (χ1) is 6.40. The molecule has 4 nitrogen and oxygen atoms in total. The third-order valence-corrected chi connectivity index (χ3v) is 2.74. The third kappa shape index (κ3) is 1.87. The SMILES string of the molecule is CNc1nsc(C2=CCCNC2)n1. The van der Waals surface area contributed by atoms with Crippen LogP contribution < -0.4 is 10.6 Å². The molecule has 1 aliphatic rings. The van der Waals surface area contributed by atoms with Crippen molar-refractivity contribution in [2.45, 2.75) is 6.42 Å². The molecule has 1 aromatic rings. The molecule has 0 fully saturated rings. The first-order valence-electron chi connectivity index (χ1n) is 4.32. The van der Waals surface area contributed by atoms with Crippen LogP contribution in [0, 0.1) is 0 Å². The van der Waals surface area contributed by atoms with Gasteiger partial charge in [0.05, 0.1) is 0 Å². The Hall–Kier alpha value is -0.940. The van der Waals surface area contributed by atoms with Gasteiger partial charge in [-0.25, -0.2) is 4.98 Å². The van der Waals surface area contributed by atoms with Crippen molar-refractivity contribution >= 4 is 23.1 Å². The number of nitrogens with zero attached hydrogens (tertiary/aromatic N) is 2. The van der Waals surface area contributed by atoms with Crippen molar-refractivity contribution < 1.29 is 0 Å². The summed E-state index contributed by atoms with van der Waals surface area (Å²) in [5.41, 5.74) is 1.27. The molecule has 0 saturated carbocycles. The number of rotatable bonds is 2. The standard InChI is InChI=1S/C8H12N4S/c1-9-8-11-7(13-12-8)6-3-2-4-10-5-6/h3,10H,2,4-5H2,1H3,(H,9,12). The Kier molecular flexibility index (Phi) is 2.56. The van der Waals surface area contributed by atoms with Crippen molar-refractivity contribution in [2.75, 3.05) is 25.5 Å². The minimum absolute atomic E-state index is 0.714. The van der Waals surface area contributed by atoms with Crippen molar-refractivity contribution in [3.8, 4) is 0 Å². The Morgan fingerprint density at radius 1 is 1.62 bits per heavy atom. The van der Waals surface area contributed by atoms with Crippen LogP contribution in [-0.4, -0.2) is 29.5 Å². The Bertz CT molecular complexity index is 318. The predicted molar refractivity (Wildman–Crippen MR) is 54.9 cm³/mol. The largest absolute Gasteiger partial charge is 0.357 e. The lowest BCUT2D eigenvalue weighted by Crippen LogP contribution is -2.21. The molecule has 0 saturated heterocycles. The Morgan fingerprint density at radius 3 is 3.15 bits per heavy atom. The zero-order chi connectivity index (χ0) is 9.10. The van der Waals surface area contributed by atoms with Crippen LogP contribution in [0.1, 0.15) is 11.4 Å². The third-order valence-electron chi connectivity index (χ3n) is 1.95. The highest BCUT2D eigenvalue weighted by molar-refractivity contribution is 7.06. The van der Waals surface area contributed by atoms with E-state index in [1.54, 1.807) is 0 Å². The second-order valence-electron chi connectivity index (χ2n) is 2.87. The molecule has 0 spiro atoms. The highest BCUT2D eigenvalue weighted by atomic mass is 32.1. The van der Waals surface area contributed by atoms with E-state index in [0.717, 1.165) is 24.5 Å². The molecule has 0 atom stereocenters. The number of aromatic nitrogens is 2. The van der Waals surface area contributed by atoms with Crippen LogP contribution in [-0.2, 0) is 0 Å². The van der Waals surface area contributed by atoms with E-state index in [1.807, 2.05) is 7.05 Å². The van der Waals surface area contributed by atoms with Gasteiger partial charge in [0.15, 0.2) is 0 Å². The van der Waals surface area contributed by atoms with Gasteiger partial charge in [0.1, 0.15) is 5.01 Å². The van der Waals surface area contributed by atoms with Gasteiger partial charge < -0.3 is 10.6 Å². The van der Waals surface area contributed by atoms with Gasteiger partial charge in [0.25, 0.3) is 0 Å². The van der Waals surface area contributed by atoms with E-state index in [0.29, 0.717) is 5.95 Å². The summed E-state index contributed by atoms with van der Waals surface area (Å²) in [7, 11) is 1.83. The summed E-state index contributed by atoms with van der Waals surface area (Å²) < 4.78 is 4.16. The molecular formula is C8H12N4S. The molecule has 5 heteroatoms. The maximum absolute atomic E-state index is 4.34. The van der Waals surface area contributed by atoms with Crippen LogP contribution >= 0.6 is 11.5 Å². The minimum atomic E-state index is 0.714. The van der Waals surface area contributed by atoms with E-state index >= 15 is 0 Å². The van der Waals surface area contributed by atoms with E-state index in [9.17, 15) is 0 Å². The molecule has 2 heterocycles. The minimum Gasteiger partial charge on any atom is -0.357 e. The van der Waals surface area contributed by atoms with E-state index in [-0.39, 0.29) is 0 Å². The molecule has 0 aliphatic carbocycles. The summed E-state index contributed by atoms with van der Waals surface area (Å²) in [6, 6.07) is 0. The first kappa shape index (κ1) is 8.65. The second-order valence-corrected chi connectivity index (χ2v) is 3.62. The zero-order valence-electron chi connectivity index (χ0n) is 7.50. The molecule has 2 N–H and O–H groups in total. The Labute approximate surface area is 81.2 Å². The lowest BCUT2D eigenvalue weighted by atomic mass is 10.2. The van der Waals surface area contributed by atoms with Gasteiger partial charge in [-0.3, -0.25) is 0 Å². The molecule has 1 aliphatic heterocycles. The topological polar surface area (TPSA) is 49.8 Å². The van der Waals surface area contributed by atoms with E-state index < -0.39 is 0 Å². The monoisotopic (exact) mass is 196 g/mol. The fourth-order valence-electron chi connectivity index (χ4n) is 1.26.